The summed E-state index contributed by atoms with van der Waals surface area (Å²) in [6.45, 7) is 3.48. The predicted molar refractivity (Wildman–Crippen MR) is 93.7 cm³/mol. The van der Waals surface area contributed by atoms with E-state index in [1.807, 2.05) is 6.07 Å². The summed E-state index contributed by atoms with van der Waals surface area (Å²) < 4.78 is 26.1. The Hall–Kier alpha value is -2.53. The van der Waals surface area contributed by atoms with Gasteiger partial charge in [0.25, 0.3) is 0 Å². The normalized spacial score (nSPS) is 15.7. The summed E-state index contributed by atoms with van der Waals surface area (Å²) in [6, 6.07) is 12.6. The first-order chi connectivity index (χ1) is 12.1. The number of hydrogen-bond donors (Lipinski definition) is 0. The van der Waals surface area contributed by atoms with Crippen molar-refractivity contribution in [3.8, 4) is 0 Å². The Balaban J connectivity index is 1.49. The number of benzene rings is 2. The summed E-state index contributed by atoms with van der Waals surface area (Å²) in [5, 5.41) is 0. The van der Waals surface area contributed by atoms with Crippen LogP contribution in [0.15, 0.2) is 54.6 Å². The summed E-state index contributed by atoms with van der Waals surface area (Å²) in [6.07, 6.45) is 3.22. The van der Waals surface area contributed by atoms with Crippen molar-refractivity contribution in [3.63, 3.8) is 0 Å². The lowest BCUT2D eigenvalue weighted by molar-refractivity contribution is -0.127. The monoisotopic (exact) mass is 342 g/mol. The number of carbonyl (C=O) groups excluding carboxylic acids is 1. The third kappa shape index (κ3) is 4.97. The zero-order valence-electron chi connectivity index (χ0n) is 13.9. The number of hydrogen-bond acceptors (Lipinski definition) is 2. The largest absolute Gasteiger partial charge is 0.337 e. The highest BCUT2D eigenvalue weighted by Crippen LogP contribution is 2.11. The third-order valence-corrected chi connectivity index (χ3v) is 4.27. The fraction of sp³-hybridized carbons (Fsp3) is 0.250. The Kier molecular flexibility index (Phi) is 5.56. The summed E-state index contributed by atoms with van der Waals surface area (Å²) in [5.41, 5.74) is 1.73. The minimum Gasteiger partial charge on any atom is -0.337 e. The van der Waals surface area contributed by atoms with Gasteiger partial charge in [-0.3, -0.25) is 9.69 Å². The molecule has 0 aliphatic carbocycles. The van der Waals surface area contributed by atoms with Crippen molar-refractivity contribution in [3.05, 3.63) is 77.4 Å². The minimum atomic E-state index is -0.294. The van der Waals surface area contributed by atoms with Crippen LogP contribution in [0.2, 0.25) is 0 Å². The van der Waals surface area contributed by atoms with Crippen LogP contribution in [-0.4, -0.2) is 41.9 Å². The molecule has 25 heavy (non-hydrogen) atoms. The topological polar surface area (TPSA) is 23.6 Å². The maximum absolute atomic E-state index is 13.2. The molecule has 0 radical (unpaired) electrons. The van der Waals surface area contributed by atoms with Crippen molar-refractivity contribution in [2.75, 3.05) is 26.2 Å². The first-order valence-electron chi connectivity index (χ1n) is 8.29. The van der Waals surface area contributed by atoms with Crippen LogP contribution in [0.3, 0.4) is 0 Å². The van der Waals surface area contributed by atoms with Crippen LogP contribution >= 0.6 is 0 Å². The molecule has 0 aromatic heterocycles. The molecule has 1 heterocycles. The maximum atomic E-state index is 13.2. The molecular formula is C20H20F2N2O. The van der Waals surface area contributed by atoms with Gasteiger partial charge in [0.15, 0.2) is 0 Å². The van der Waals surface area contributed by atoms with Crippen LogP contribution in [0, 0.1) is 11.6 Å². The zero-order valence-corrected chi connectivity index (χ0v) is 13.9. The molecule has 0 bridgehead atoms. The van der Waals surface area contributed by atoms with E-state index in [1.165, 1.54) is 24.3 Å². The number of carbonyl (C=O) groups is 1. The molecule has 0 saturated carbocycles. The number of nitrogens with zero attached hydrogens (tertiary/aromatic N) is 2. The fourth-order valence-electron chi connectivity index (χ4n) is 2.87. The first-order valence-corrected chi connectivity index (χ1v) is 8.29. The van der Waals surface area contributed by atoms with E-state index >= 15 is 0 Å². The first kappa shape index (κ1) is 17.3. The molecule has 3 nitrogen and oxygen atoms in total. The lowest BCUT2D eigenvalue weighted by atomic mass is 10.2. The Morgan fingerprint density at radius 1 is 0.960 bits per heavy atom. The summed E-state index contributed by atoms with van der Waals surface area (Å²) in [5.74, 6) is -0.565. The van der Waals surface area contributed by atoms with Gasteiger partial charge in [0.1, 0.15) is 11.6 Å². The molecule has 2 aromatic carbocycles. The molecule has 3 rings (SSSR count). The third-order valence-electron chi connectivity index (χ3n) is 4.27. The van der Waals surface area contributed by atoms with Gasteiger partial charge in [0.2, 0.25) is 5.91 Å². The molecular weight excluding hydrogens is 322 g/mol. The van der Waals surface area contributed by atoms with Crippen molar-refractivity contribution in [2.24, 2.45) is 0 Å². The summed E-state index contributed by atoms with van der Waals surface area (Å²) in [7, 11) is 0. The van der Waals surface area contributed by atoms with E-state index in [2.05, 4.69) is 4.90 Å². The quantitative estimate of drug-likeness (QED) is 0.796. The van der Waals surface area contributed by atoms with Gasteiger partial charge in [-0.1, -0.05) is 24.3 Å². The standard InChI is InChI=1S/C20H20F2N2O/c21-18-7-4-16(5-8-18)6-9-20(25)24-12-10-23(11-13-24)15-17-2-1-3-19(22)14-17/h1-9,14H,10-13,15H2/b9-6+. The van der Waals surface area contributed by atoms with Crippen LogP contribution in [-0.2, 0) is 11.3 Å². The Bertz CT molecular complexity index is 751. The van der Waals surface area contributed by atoms with Crippen molar-refractivity contribution in [1.29, 1.82) is 0 Å². The summed E-state index contributed by atoms with van der Waals surface area (Å²) in [4.78, 5) is 16.2. The molecule has 1 aliphatic rings. The van der Waals surface area contributed by atoms with E-state index in [9.17, 15) is 13.6 Å². The zero-order chi connectivity index (χ0) is 17.6. The highest BCUT2D eigenvalue weighted by Gasteiger charge is 2.19. The average molecular weight is 342 g/mol. The molecule has 0 spiro atoms. The average Bonchev–Trinajstić information content (AvgIpc) is 2.62. The molecule has 5 heteroatoms. The Labute approximate surface area is 146 Å². The van der Waals surface area contributed by atoms with Gasteiger partial charge < -0.3 is 4.90 Å². The molecule has 0 atom stereocenters. The molecule has 1 fully saturated rings. The lowest BCUT2D eigenvalue weighted by Gasteiger charge is -2.34. The van der Waals surface area contributed by atoms with E-state index in [0.29, 0.717) is 19.6 Å². The number of halogens is 2. The van der Waals surface area contributed by atoms with Gasteiger partial charge in [0.05, 0.1) is 0 Å². The van der Waals surface area contributed by atoms with E-state index < -0.39 is 0 Å². The van der Waals surface area contributed by atoms with Crippen LogP contribution in [0.5, 0.6) is 0 Å². The number of amides is 1. The van der Waals surface area contributed by atoms with Gasteiger partial charge in [-0.15, -0.1) is 0 Å². The lowest BCUT2D eigenvalue weighted by Crippen LogP contribution is -2.47. The van der Waals surface area contributed by atoms with E-state index in [0.717, 1.165) is 24.2 Å². The Morgan fingerprint density at radius 3 is 2.36 bits per heavy atom. The van der Waals surface area contributed by atoms with Gasteiger partial charge >= 0.3 is 0 Å². The smallest absolute Gasteiger partial charge is 0.246 e. The SMILES string of the molecule is O=C(/C=C/c1ccc(F)cc1)N1CCN(Cc2cccc(F)c2)CC1. The molecule has 0 unspecified atom stereocenters. The highest BCUT2D eigenvalue weighted by molar-refractivity contribution is 5.91. The molecule has 130 valence electrons. The van der Waals surface area contributed by atoms with E-state index in [-0.39, 0.29) is 17.5 Å². The van der Waals surface area contributed by atoms with Crippen LogP contribution in [0.1, 0.15) is 11.1 Å². The molecule has 0 N–H and O–H groups in total. The predicted octanol–water partition coefficient (Wildman–Crippen LogP) is 3.32. The second-order valence-corrected chi connectivity index (χ2v) is 6.12. The molecule has 1 saturated heterocycles. The molecule has 1 amide bonds. The van der Waals surface area contributed by atoms with Crippen molar-refractivity contribution in [1.82, 2.24) is 9.80 Å². The van der Waals surface area contributed by atoms with Crippen molar-refractivity contribution >= 4 is 12.0 Å². The molecule has 1 aliphatic heterocycles. The molecule has 2 aromatic rings. The van der Waals surface area contributed by atoms with Crippen molar-refractivity contribution < 1.29 is 13.6 Å². The van der Waals surface area contributed by atoms with Crippen LogP contribution < -0.4 is 0 Å². The van der Waals surface area contributed by atoms with Gasteiger partial charge in [-0.25, -0.2) is 8.78 Å². The second kappa shape index (κ2) is 8.03. The number of rotatable bonds is 4. The highest BCUT2D eigenvalue weighted by atomic mass is 19.1. The number of piperazine rings is 1. The van der Waals surface area contributed by atoms with Gasteiger partial charge in [0, 0.05) is 38.8 Å². The second-order valence-electron chi connectivity index (χ2n) is 6.12. The van der Waals surface area contributed by atoms with E-state index in [1.54, 1.807) is 35.2 Å². The van der Waals surface area contributed by atoms with Gasteiger partial charge in [-0.2, -0.15) is 0 Å². The van der Waals surface area contributed by atoms with Gasteiger partial charge in [-0.05, 0) is 41.5 Å². The Morgan fingerprint density at radius 2 is 1.68 bits per heavy atom. The minimum absolute atomic E-state index is 0.0465. The van der Waals surface area contributed by atoms with Crippen LogP contribution in [0.4, 0.5) is 8.78 Å². The fourth-order valence-corrected chi connectivity index (χ4v) is 2.87. The van der Waals surface area contributed by atoms with E-state index in [4.69, 9.17) is 0 Å². The maximum Gasteiger partial charge on any atom is 0.246 e. The van der Waals surface area contributed by atoms with Crippen molar-refractivity contribution in [2.45, 2.75) is 6.54 Å². The summed E-state index contributed by atoms with van der Waals surface area (Å²) >= 11 is 0. The van der Waals surface area contributed by atoms with Crippen LogP contribution in [0.25, 0.3) is 6.08 Å².